The first-order chi connectivity index (χ1) is 13.4. The minimum absolute atomic E-state index is 0.0615. The quantitative estimate of drug-likeness (QED) is 0.654. The molecule has 0 atom stereocenters. The van der Waals surface area contributed by atoms with Crippen molar-refractivity contribution in [2.75, 3.05) is 13.7 Å². The van der Waals surface area contributed by atoms with Crippen molar-refractivity contribution in [2.24, 2.45) is 0 Å². The van der Waals surface area contributed by atoms with Crippen molar-refractivity contribution in [3.8, 4) is 11.5 Å². The third kappa shape index (κ3) is 6.27. The monoisotopic (exact) mass is 398 g/mol. The molecule has 0 aliphatic carbocycles. The van der Waals surface area contributed by atoms with Crippen molar-refractivity contribution >= 4 is 17.9 Å². The summed E-state index contributed by atoms with van der Waals surface area (Å²) in [4.78, 5) is 35.2. The predicted molar refractivity (Wildman–Crippen MR) is 89.0 cm³/mol. The molecule has 9 nitrogen and oxygen atoms in total. The van der Waals surface area contributed by atoms with Crippen LogP contribution in [-0.4, -0.2) is 38.2 Å². The van der Waals surface area contributed by atoms with Gasteiger partial charge < -0.3 is 23.9 Å². The van der Waals surface area contributed by atoms with Gasteiger partial charge in [-0.25, -0.2) is 9.59 Å². The summed E-state index contributed by atoms with van der Waals surface area (Å²) in [5.74, 6) is -1.68. The fourth-order valence-electron chi connectivity index (χ4n) is 1.99. The molecule has 0 bridgehead atoms. The van der Waals surface area contributed by atoms with Crippen LogP contribution in [0, 0.1) is 0 Å². The summed E-state index contributed by atoms with van der Waals surface area (Å²) in [6, 6.07) is 5.86. The molecule has 0 fully saturated rings. The number of imide groups is 1. The van der Waals surface area contributed by atoms with E-state index in [1.165, 1.54) is 13.4 Å². The topological polar surface area (TPSA) is 116 Å². The Bertz CT molecular complexity index is 825. The molecule has 0 saturated heterocycles. The first-order valence-corrected chi connectivity index (χ1v) is 7.79. The summed E-state index contributed by atoms with van der Waals surface area (Å²) < 4.78 is 43.5. The lowest BCUT2D eigenvalue weighted by Gasteiger charge is -2.11. The van der Waals surface area contributed by atoms with E-state index in [4.69, 9.17) is 13.9 Å². The minimum atomic E-state index is -3.06. The maximum absolute atomic E-state index is 12.3. The normalized spacial score (nSPS) is 10.3. The van der Waals surface area contributed by atoms with Crippen LogP contribution in [0.25, 0.3) is 0 Å². The molecule has 2 rings (SSSR count). The van der Waals surface area contributed by atoms with Crippen molar-refractivity contribution in [1.29, 1.82) is 0 Å². The number of hydrogen-bond donors (Lipinski definition) is 2. The number of ether oxygens (including phenoxy) is 3. The molecule has 150 valence electrons. The van der Waals surface area contributed by atoms with Crippen molar-refractivity contribution in [3.05, 3.63) is 47.9 Å². The van der Waals surface area contributed by atoms with Crippen molar-refractivity contribution in [3.63, 3.8) is 0 Å². The van der Waals surface area contributed by atoms with Gasteiger partial charge in [0, 0.05) is 0 Å². The Kier molecular flexibility index (Phi) is 7.31. The number of esters is 1. The van der Waals surface area contributed by atoms with E-state index in [-0.39, 0.29) is 23.6 Å². The second-order valence-corrected chi connectivity index (χ2v) is 5.13. The molecule has 2 aromatic rings. The van der Waals surface area contributed by atoms with Gasteiger partial charge in [-0.1, -0.05) is 0 Å². The lowest BCUT2D eigenvalue weighted by atomic mass is 10.2. The Labute approximate surface area is 157 Å². The summed E-state index contributed by atoms with van der Waals surface area (Å²) >= 11 is 0. The van der Waals surface area contributed by atoms with Gasteiger partial charge in [-0.2, -0.15) is 8.78 Å². The van der Waals surface area contributed by atoms with Crippen LogP contribution in [0.2, 0.25) is 0 Å². The largest absolute Gasteiger partial charge is 0.493 e. The molecular formula is C17H16F2N2O7. The number of furan rings is 1. The highest BCUT2D eigenvalue weighted by Crippen LogP contribution is 2.29. The van der Waals surface area contributed by atoms with Crippen LogP contribution in [0.5, 0.6) is 11.5 Å². The van der Waals surface area contributed by atoms with E-state index in [0.29, 0.717) is 5.76 Å². The lowest BCUT2D eigenvalue weighted by Crippen LogP contribution is -2.41. The zero-order valence-electron chi connectivity index (χ0n) is 14.6. The molecule has 11 heteroatoms. The average molecular weight is 398 g/mol. The second-order valence-electron chi connectivity index (χ2n) is 5.13. The van der Waals surface area contributed by atoms with Gasteiger partial charge in [0.05, 0.1) is 25.5 Å². The molecule has 0 unspecified atom stereocenters. The van der Waals surface area contributed by atoms with E-state index in [2.05, 4.69) is 10.1 Å². The molecular weight excluding hydrogens is 382 g/mol. The standard InChI is InChI=1S/C17H16F2N2O7/c1-25-13-7-10(4-5-12(13)28-16(18)19)15(23)27-9-14(22)21-17(24)20-8-11-3-2-6-26-11/h2-7,16H,8-9H2,1H3,(H2,20,21,22,24). The number of methoxy groups -OCH3 is 1. The van der Waals surface area contributed by atoms with Gasteiger partial charge in [0.1, 0.15) is 5.76 Å². The molecule has 2 N–H and O–H groups in total. The number of carbonyl (C=O) groups excluding carboxylic acids is 3. The van der Waals surface area contributed by atoms with Crippen molar-refractivity contribution in [1.82, 2.24) is 10.6 Å². The fourth-order valence-corrected chi connectivity index (χ4v) is 1.99. The number of urea groups is 1. The zero-order chi connectivity index (χ0) is 20.5. The number of nitrogens with one attached hydrogen (secondary N) is 2. The fraction of sp³-hybridized carbons (Fsp3) is 0.235. The van der Waals surface area contributed by atoms with E-state index < -0.39 is 31.1 Å². The number of amides is 3. The van der Waals surface area contributed by atoms with Crippen molar-refractivity contribution < 1.29 is 41.8 Å². The van der Waals surface area contributed by atoms with Crippen molar-refractivity contribution in [2.45, 2.75) is 13.2 Å². The second kappa shape index (κ2) is 9.90. The number of halogens is 2. The lowest BCUT2D eigenvalue weighted by molar-refractivity contribution is -0.123. The predicted octanol–water partition coefficient (Wildman–Crippen LogP) is 2.07. The van der Waals surface area contributed by atoms with Crippen LogP contribution in [0.4, 0.5) is 13.6 Å². The van der Waals surface area contributed by atoms with E-state index in [0.717, 1.165) is 18.2 Å². The van der Waals surface area contributed by atoms with E-state index in [9.17, 15) is 23.2 Å². The number of alkyl halides is 2. The molecule has 28 heavy (non-hydrogen) atoms. The van der Waals surface area contributed by atoms with Crippen LogP contribution in [0.15, 0.2) is 41.0 Å². The maximum atomic E-state index is 12.3. The Hall–Kier alpha value is -3.63. The highest BCUT2D eigenvalue weighted by Gasteiger charge is 2.16. The summed E-state index contributed by atoms with van der Waals surface area (Å²) in [5.41, 5.74) is -0.0615. The highest BCUT2D eigenvalue weighted by atomic mass is 19.3. The van der Waals surface area contributed by atoms with E-state index in [1.54, 1.807) is 12.1 Å². The minimum Gasteiger partial charge on any atom is -0.493 e. The summed E-state index contributed by atoms with van der Waals surface area (Å²) in [6.45, 7) is -3.72. The van der Waals surface area contributed by atoms with E-state index >= 15 is 0 Å². The summed E-state index contributed by atoms with van der Waals surface area (Å²) in [6.07, 6.45) is 1.43. The summed E-state index contributed by atoms with van der Waals surface area (Å²) in [5, 5.41) is 4.34. The third-order valence-electron chi connectivity index (χ3n) is 3.21. The Morgan fingerprint density at radius 3 is 2.61 bits per heavy atom. The Morgan fingerprint density at radius 1 is 1.18 bits per heavy atom. The molecule has 1 aromatic heterocycles. The number of rotatable bonds is 8. The number of carbonyl (C=O) groups is 3. The first kappa shape index (κ1) is 20.7. The molecule has 3 amide bonds. The van der Waals surface area contributed by atoms with Gasteiger partial charge in [-0.3, -0.25) is 10.1 Å². The van der Waals surface area contributed by atoms with Crippen LogP contribution in [0.3, 0.4) is 0 Å². The summed E-state index contributed by atoms with van der Waals surface area (Å²) in [7, 11) is 1.21. The molecule has 0 spiro atoms. The third-order valence-corrected chi connectivity index (χ3v) is 3.21. The molecule has 0 saturated carbocycles. The van der Waals surface area contributed by atoms with E-state index in [1.807, 2.05) is 5.32 Å². The number of benzene rings is 1. The zero-order valence-corrected chi connectivity index (χ0v) is 14.6. The molecule has 0 radical (unpaired) electrons. The average Bonchev–Trinajstić information content (AvgIpc) is 3.18. The number of hydrogen-bond acceptors (Lipinski definition) is 7. The maximum Gasteiger partial charge on any atom is 0.387 e. The Balaban J connectivity index is 1.82. The SMILES string of the molecule is COc1cc(C(=O)OCC(=O)NC(=O)NCc2ccco2)ccc1OC(F)F. The van der Waals surface area contributed by atoms with Gasteiger partial charge >= 0.3 is 18.6 Å². The van der Waals surface area contributed by atoms with Crippen LogP contribution in [0.1, 0.15) is 16.1 Å². The Morgan fingerprint density at radius 2 is 1.96 bits per heavy atom. The van der Waals surface area contributed by atoms with Crippen LogP contribution in [-0.2, 0) is 16.1 Å². The first-order valence-electron chi connectivity index (χ1n) is 7.79. The molecule has 0 aliphatic rings. The van der Waals surface area contributed by atoms with Crippen LogP contribution < -0.4 is 20.1 Å². The molecule has 1 aromatic carbocycles. The molecule has 0 aliphatic heterocycles. The van der Waals surface area contributed by atoms with Gasteiger partial charge in [-0.15, -0.1) is 0 Å². The highest BCUT2D eigenvalue weighted by molar-refractivity contribution is 5.97. The van der Waals surface area contributed by atoms with Gasteiger partial charge in [0.2, 0.25) is 0 Å². The molecule has 1 heterocycles. The smallest absolute Gasteiger partial charge is 0.387 e. The van der Waals surface area contributed by atoms with Gasteiger partial charge in [0.25, 0.3) is 5.91 Å². The van der Waals surface area contributed by atoms with Gasteiger partial charge in [-0.05, 0) is 30.3 Å². The van der Waals surface area contributed by atoms with Crippen LogP contribution >= 0.6 is 0 Å². The van der Waals surface area contributed by atoms with Gasteiger partial charge in [0.15, 0.2) is 18.1 Å².